The molecule has 2 nitrogen and oxygen atoms in total. The molecule has 21 heavy (non-hydrogen) atoms. The number of likely N-dealkylation sites (tertiary alicyclic amines) is 1. The van der Waals surface area contributed by atoms with E-state index in [1.807, 2.05) is 0 Å². The molecular weight excluding hydrogens is 256 g/mol. The number of hydrogen-bond donors (Lipinski definition) is 1. The van der Waals surface area contributed by atoms with Crippen molar-refractivity contribution in [1.29, 1.82) is 0 Å². The zero-order valence-electron chi connectivity index (χ0n) is 14.5. The van der Waals surface area contributed by atoms with Gasteiger partial charge in [0.05, 0.1) is 0 Å². The van der Waals surface area contributed by atoms with E-state index >= 15 is 0 Å². The van der Waals surface area contributed by atoms with Gasteiger partial charge in [0.15, 0.2) is 0 Å². The molecule has 1 aromatic rings. The van der Waals surface area contributed by atoms with Crippen LogP contribution in [0.15, 0.2) is 18.2 Å². The van der Waals surface area contributed by atoms with Crippen LogP contribution in [0.2, 0.25) is 0 Å². The second-order valence-corrected chi connectivity index (χ2v) is 7.74. The number of piperidine rings is 1. The van der Waals surface area contributed by atoms with Gasteiger partial charge in [0.1, 0.15) is 0 Å². The maximum atomic E-state index is 3.67. The molecule has 1 fully saturated rings. The fraction of sp³-hybridized carbons (Fsp3) is 0.684. The van der Waals surface area contributed by atoms with Crippen LogP contribution in [-0.4, -0.2) is 30.1 Å². The van der Waals surface area contributed by atoms with Crippen molar-refractivity contribution in [3.8, 4) is 0 Å². The van der Waals surface area contributed by atoms with Crippen LogP contribution in [0, 0.1) is 19.8 Å². The summed E-state index contributed by atoms with van der Waals surface area (Å²) in [5.41, 5.74) is 4.63. The van der Waals surface area contributed by atoms with Gasteiger partial charge in [-0.3, -0.25) is 4.90 Å². The first-order valence-electron chi connectivity index (χ1n) is 8.37. The van der Waals surface area contributed by atoms with Crippen molar-refractivity contribution < 1.29 is 0 Å². The fourth-order valence-corrected chi connectivity index (χ4v) is 3.23. The van der Waals surface area contributed by atoms with E-state index in [4.69, 9.17) is 0 Å². The molecule has 0 bridgehead atoms. The van der Waals surface area contributed by atoms with Crippen molar-refractivity contribution in [2.45, 2.75) is 59.5 Å². The van der Waals surface area contributed by atoms with Gasteiger partial charge in [-0.15, -0.1) is 0 Å². The Bertz CT molecular complexity index is 439. The number of hydrogen-bond acceptors (Lipinski definition) is 2. The van der Waals surface area contributed by atoms with Crippen LogP contribution in [0.3, 0.4) is 0 Å². The van der Waals surface area contributed by atoms with Gasteiger partial charge in [0, 0.05) is 18.6 Å². The molecule has 1 aliphatic rings. The summed E-state index contributed by atoms with van der Waals surface area (Å²) in [6, 6.07) is 6.65. The Kier molecular flexibility index (Phi) is 5.45. The number of nitrogens with zero attached hydrogens (tertiary/aromatic N) is 1. The summed E-state index contributed by atoms with van der Waals surface area (Å²) in [5.74, 6) is 0.794. The van der Waals surface area contributed by atoms with Gasteiger partial charge in [0.25, 0.3) is 0 Å². The summed E-state index contributed by atoms with van der Waals surface area (Å²) in [4.78, 5) is 2.65. The summed E-state index contributed by atoms with van der Waals surface area (Å²) in [6.45, 7) is 16.0. The predicted molar refractivity (Wildman–Crippen MR) is 91.7 cm³/mol. The summed E-state index contributed by atoms with van der Waals surface area (Å²) in [6.07, 6.45) is 2.70. The average molecular weight is 288 g/mol. The molecule has 1 unspecified atom stereocenters. The van der Waals surface area contributed by atoms with Crippen molar-refractivity contribution in [2.24, 2.45) is 5.92 Å². The zero-order chi connectivity index (χ0) is 15.5. The molecule has 0 aliphatic carbocycles. The molecule has 1 aromatic carbocycles. The van der Waals surface area contributed by atoms with E-state index in [2.05, 4.69) is 63.0 Å². The van der Waals surface area contributed by atoms with Gasteiger partial charge < -0.3 is 5.32 Å². The van der Waals surface area contributed by atoms with Crippen molar-refractivity contribution in [3.05, 3.63) is 34.9 Å². The van der Waals surface area contributed by atoms with Crippen LogP contribution in [-0.2, 0) is 6.54 Å². The molecule has 2 heteroatoms. The van der Waals surface area contributed by atoms with E-state index in [1.54, 1.807) is 0 Å². The number of rotatable bonds is 4. The van der Waals surface area contributed by atoms with Gasteiger partial charge in [-0.25, -0.2) is 0 Å². The van der Waals surface area contributed by atoms with E-state index in [1.165, 1.54) is 42.6 Å². The quantitative estimate of drug-likeness (QED) is 0.904. The van der Waals surface area contributed by atoms with Crippen molar-refractivity contribution in [3.63, 3.8) is 0 Å². The highest BCUT2D eigenvalue weighted by atomic mass is 15.1. The summed E-state index contributed by atoms with van der Waals surface area (Å²) >= 11 is 0. The van der Waals surface area contributed by atoms with Gasteiger partial charge in [0.2, 0.25) is 0 Å². The van der Waals surface area contributed by atoms with Crippen LogP contribution in [0.5, 0.6) is 0 Å². The Labute approximate surface area is 130 Å². The van der Waals surface area contributed by atoms with Gasteiger partial charge in [-0.1, -0.05) is 18.2 Å². The first-order valence-corrected chi connectivity index (χ1v) is 8.37. The summed E-state index contributed by atoms with van der Waals surface area (Å²) < 4.78 is 0. The Morgan fingerprint density at radius 1 is 1.19 bits per heavy atom. The number of nitrogens with one attached hydrogen (secondary N) is 1. The first kappa shape index (κ1) is 16.5. The SMILES string of the molecule is Cc1cccc(C)c1CN1CCCC(CNC(C)(C)C)C1. The largest absolute Gasteiger partial charge is 0.312 e. The monoisotopic (exact) mass is 288 g/mol. The molecule has 1 aliphatic heterocycles. The molecule has 1 N–H and O–H groups in total. The Hall–Kier alpha value is -0.860. The lowest BCUT2D eigenvalue weighted by molar-refractivity contribution is 0.159. The smallest absolute Gasteiger partial charge is 0.0239 e. The lowest BCUT2D eigenvalue weighted by atomic mass is 9.95. The standard InChI is InChI=1S/C19H32N2/c1-15-8-6-9-16(2)18(15)14-21-11-7-10-17(13-21)12-20-19(3,4)5/h6,8-9,17,20H,7,10-14H2,1-5H3. The highest BCUT2D eigenvalue weighted by Gasteiger charge is 2.22. The lowest BCUT2D eigenvalue weighted by Crippen LogP contribution is -2.44. The third kappa shape index (κ3) is 5.12. The van der Waals surface area contributed by atoms with Crippen molar-refractivity contribution in [2.75, 3.05) is 19.6 Å². The van der Waals surface area contributed by atoms with Crippen LogP contribution in [0.25, 0.3) is 0 Å². The lowest BCUT2D eigenvalue weighted by Gasteiger charge is -2.35. The molecule has 0 radical (unpaired) electrons. The average Bonchev–Trinajstić information content (AvgIpc) is 2.41. The molecular formula is C19H32N2. The summed E-state index contributed by atoms with van der Waals surface area (Å²) in [5, 5.41) is 3.67. The summed E-state index contributed by atoms with van der Waals surface area (Å²) in [7, 11) is 0. The van der Waals surface area contributed by atoms with Gasteiger partial charge in [-0.05, 0) is 83.2 Å². The Balaban J connectivity index is 1.92. The predicted octanol–water partition coefficient (Wildman–Crippen LogP) is 3.90. The molecule has 1 heterocycles. The van der Waals surface area contributed by atoms with E-state index in [-0.39, 0.29) is 5.54 Å². The molecule has 0 amide bonds. The minimum atomic E-state index is 0.231. The molecule has 2 rings (SSSR count). The van der Waals surface area contributed by atoms with Crippen molar-refractivity contribution >= 4 is 0 Å². The van der Waals surface area contributed by atoms with Gasteiger partial charge in [-0.2, -0.15) is 0 Å². The Morgan fingerprint density at radius 2 is 1.86 bits per heavy atom. The fourth-order valence-electron chi connectivity index (χ4n) is 3.23. The van der Waals surface area contributed by atoms with Crippen LogP contribution in [0.4, 0.5) is 0 Å². The third-order valence-electron chi connectivity index (χ3n) is 4.55. The molecule has 1 saturated heterocycles. The minimum absolute atomic E-state index is 0.231. The molecule has 0 spiro atoms. The van der Waals surface area contributed by atoms with Crippen LogP contribution < -0.4 is 5.32 Å². The highest BCUT2D eigenvalue weighted by Crippen LogP contribution is 2.21. The van der Waals surface area contributed by atoms with E-state index in [9.17, 15) is 0 Å². The molecule has 0 saturated carbocycles. The second-order valence-electron chi connectivity index (χ2n) is 7.74. The highest BCUT2D eigenvalue weighted by molar-refractivity contribution is 5.33. The number of benzene rings is 1. The topological polar surface area (TPSA) is 15.3 Å². The normalized spacial score (nSPS) is 20.7. The van der Waals surface area contributed by atoms with E-state index in [0.717, 1.165) is 19.0 Å². The molecule has 1 atom stereocenters. The van der Waals surface area contributed by atoms with Crippen LogP contribution in [0.1, 0.15) is 50.3 Å². The third-order valence-corrected chi connectivity index (χ3v) is 4.55. The number of aryl methyl sites for hydroxylation is 2. The van der Waals surface area contributed by atoms with E-state index in [0.29, 0.717) is 0 Å². The zero-order valence-corrected chi connectivity index (χ0v) is 14.5. The van der Waals surface area contributed by atoms with Crippen LogP contribution >= 0.6 is 0 Å². The second kappa shape index (κ2) is 6.93. The molecule has 118 valence electrons. The van der Waals surface area contributed by atoms with Crippen molar-refractivity contribution in [1.82, 2.24) is 10.2 Å². The van der Waals surface area contributed by atoms with Gasteiger partial charge >= 0.3 is 0 Å². The Morgan fingerprint density at radius 3 is 2.48 bits per heavy atom. The maximum Gasteiger partial charge on any atom is 0.0239 e. The van der Waals surface area contributed by atoms with E-state index < -0.39 is 0 Å². The minimum Gasteiger partial charge on any atom is -0.312 e. The molecule has 0 aromatic heterocycles. The first-order chi connectivity index (χ1) is 9.85. The maximum absolute atomic E-state index is 3.67.